The Hall–Kier alpha value is -2.44. The van der Waals surface area contributed by atoms with Gasteiger partial charge < -0.3 is 4.74 Å². The van der Waals surface area contributed by atoms with Gasteiger partial charge in [-0.1, -0.05) is 0 Å². The molecule has 0 saturated heterocycles. The Morgan fingerprint density at radius 1 is 1.59 bits per heavy atom. The summed E-state index contributed by atoms with van der Waals surface area (Å²) in [6.07, 6.45) is 1.31. The summed E-state index contributed by atoms with van der Waals surface area (Å²) >= 11 is 0. The van der Waals surface area contributed by atoms with E-state index in [2.05, 4.69) is 10.5 Å². The number of nitrogens with zero attached hydrogens (tertiary/aromatic N) is 2. The summed E-state index contributed by atoms with van der Waals surface area (Å²) in [6.45, 7) is 1.31. The van der Waals surface area contributed by atoms with Crippen molar-refractivity contribution in [2.75, 3.05) is 7.11 Å². The zero-order valence-electron chi connectivity index (χ0n) is 9.34. The third kappa shape index (κ3) is 3.56. The molecule has 0 heterocycles. The van der Waals surface area contributed by atoms with Gasteiger partial charge in [-0.05, 0) is 12.1 Å². The summed E-state index contributed by atoms with van der Waals surface area (Å²) < 4.78 is 4.85. The van der Waals surface area contributed by atoms with Crippen molar-refractivity contribution in [3.8, 4) is 5.75 Å². The van der Waals surface area contributed by atoms with E-state index in [1.807, 2.05) is 0 Å². The van der Waals surface area contributed by atoms with Crippen LogP contribution in [0.1, 0.15) is 12.5 Å². The molecular weight excluding hydrogens is 226 g/mol. The van der Waals surface area contributed by atoms with Gasteiger partial charge in [0.15, 0.2) is 5.75 Å². The number of carbonyl (C=O) groups is 1. The van der Waals surface area contributed by atoms with Crippen molar-refractivity contribution in [2.24, 2.45) is 5.10 Å². The first-order chi connectivity index (χ1) is 8.04. The Labute approximate surface area is 97.2 Å². The number of ether oxygens (including phenoxy) is 1. The number of hydrogen-bond acceptors (Lipinski definition) is 5. The predicted octanol–water partition coefficient (Wildman–Crippen LogP) is 1.07. The van der Waals surface area contributed by atoms with Gasteiger partial charge in [-0.3, -0.25) is 14.9 Å². The van der Waals surface area contributed by atoms with Gasteiger partial charge in [0.2, 0.25) is 5.91 Å². The molecule has 0 bridgehead atoms. The lowest BCUT2D eigenvalue weighted by Gasteiger charge is -2.01. The predicted molar refractivity (Wildman–Crippen MR) is 61.1 cm³/mol. The molecule has 0 atom stereocenters. The molecule has 7 heteroatoms. The lowest BCUT2D eigenvalue weighted by Crippen LogP contribution is -2.12. The van der Waals surface area contributed by atoms with Gasteiger partial charge in [0.1, 0.15) is 0 Å². The van der Waals surface area contributed by atoms with Gasteiger partial charge in [0.25, 0.3) is 0 Å². The lowest BCUT2D eigenvalue weighted by molar-refractivity contribution is -0.385. The minimum atomic E-state index is -0.547. The number of nitro groups is 1. The molecule has 1 aromatic carbocycles. The van der Waals surface area contributed by atoms with E-state index < -0.39 is 4.92 Å². The third-order valence-electron chi connectivity index (χ3n) is 1.84. The van der Waals surface area contributed by atoms with Crippen molar-refractivity contribution < 1.29 is 14.5 Å². The Kier molecular flexibility index (Phi) is 4.15. The van der Waals surface area contributed by atoms with E-state index in [0.29, 0.717) is 5.56 Å². The van der Waals surface area contributed by atoms with Crippen LogP contribution in [0.5, 0.6) is 5.75 Å². The molecule has 1 amide bonds. The fourth-order valence-electron chi connectivity index (χ4n) is 1.13. The van der Waals surface area contributed by atoms with E-state index in [1.54, 1.807) is 6.07 Å². The van der Waals surface area contributed by atoms with Gasteiger partial charge in [-0.15, -0.1) is 0 Å². The zero-order chi connectivity index (χ0) is 12.8. The monoisotopic (exact) mass is 237 g/mol. The van der Waals surface area contributed by atoms with Crippen LogP contribution < -0.4 is 10.2 Å². The smallest absolute Gasteiger partial charge is 0.311 e. The summed E-state index contributed by atoms with van der Waals surface area (Å²) in [5.74, 6) is -0.143. The molecule has 0 aromatic heterocycles. The van der Waals surface area contributed by atoms with Crippen LogP contribution in [0.3, 0.4) is 0 Å². The normalized spacial score (nSPS) is 10.2. The highest BCUT2D eigenvalue weighted by molar-refractivity contribution is 5.83. The summed E-state index contributed by atoms with van der Waals surface area (Å²) in [5.41, 5.74) is 2.54. The van der Waals surface area contributed by atoms with E-state index in [-0.39, 0.29) is 17.3 Å². The van der Waals surface area contributed by atoms with Crippen LogP contribution in [0, 0.1) is 10.1 Å². The molecule has 0 aliphatic rings. The number of nitro benzene ring substituents is 1. The van der Waals surface area contributed by atoms with Gasteiger partial charge >= 0.3 is 5.69 Å². The average molecular weight is 237 g/mol. The molecule has 0 fully saturated rings. The van der Waals surface area contributed by atoms with Crippen LogP contribution in [0.4, 0.5) is 5.69 Å². The van der Waals surface area contributed by atoms with E-state index in [9.17, 15) is 14.9 Å². The number of amides is 1. The van der Waals surface area contributed by atoms with Crippen molar-refractivity contribution in [1.82, 2.24) is 5.43 Å². The van der Waals surface area contributed by atoms with Gasteiger partial charge in [-0.25, -0.2) is 5.43 Å². The quantitative estimate of drug-likeness (QED) is 0.481. The molecule has 0 spiro atoms. The molecule has 0 aliphatic heterocycles. The lowest BCUT2D eigenvalue weighted by atomic mass is 10.2. The number of hydrogen-bond donors (Lipinski definition) is 1. The SMILES string of the molecule is COc1ccc(/C=N\NC(C)=O)cc1[N+](=O)[O-]. The van der Waals surface area contributed by atoms with Gasteiger partial charge in [0.05, 0.1) is 18.2 Å². The Morgan fingerprint density at radius 3 is 2.82 bits per heavy atom. The number of nitrogens with one attached hydrogen (secondary N) is 1. The van der Waals surface area contributed by atoms with Crippen LogP contribution in [-0.4, -0.2) is 24.2 Å². The Morgan fingerprint density at radius 2 is 2.29 bits per heavy atom. The molecule has 0 radical (unpaired) electrons. The largest absolute Gasteiger partial charge is 0.490 e. The van der Waals surface area contributed by atoms with Crippen molar-refractivity contribution in [2.45, 2.75) is 6.92 Å². The van der Waals surface area contributed by atoms with Crippen LogP contribution in [-0.2, 0) is 4.79 Å². The van der Waals surface area contributed by atoms with E-state index in [0.717, 1.165) is 0 Å². The molecule has 1 N–H and O–H groups in total. The molecule has 17 heavy (non-hydrogen) atoms. The summed E-state index contributed by atoms with van der Waals surface area (Å²) in [4.78, 5) is 20.7. The first-order valence-corrected chi connectivity index (χ1v) is 4.66. The van der Waals surface area contributed by atoms with Gasteiger partial charge in [-0.2, -0.15) is 5.10 Å². The van der Waals surface area contributed by atoms with Crippen molar-refractivity contribution >= 4 is 17.8 Å². The topological polar surface area (TPSA) is 93.8 Å². The van der Waals surface area contributed by atoms with Crippen LogP contribution in [0.2, 0.25) is 0 Å². The van der Waals surface area contributed by atoms with E-state index >= 15 is 0 Å². The maximum absolute atomic E-state index is 10.7. The number of benzene rings is 1. The molecular formula is C10H11N3O4. The van der Waals surface area contributed by atoms with Crippen LogP contribution >= 0.6 is 0 Å². The molecule has 1 aromatic rings. The minimum Gasteiger partial charge on any atom is -0.490 e. The highest BCUT2D eigenvalue weighted by atomic mass is 16.6. The van der Waals surface area contributed by atoms with Crippen LogP contribution in [0.25, 0.3) is 0 Å². The first kappa shape index (κ1) is 12.6. The van der Waals surface area contributed by atoms with E-state index in [4.69, 9.17) is 4.74 Å². The first-order valence-electron chi connectivity index (χ1n) is 4.66. The summed E-state index contributed by atoms with van der Waals surface area (Å²) in [6, 6.07) is 4.37. The second-order valence-corrected chi connectivity index (χ2v) is 3.11. The molecule has 0 saturated carbocycles. The highest BCUT2D eigenvalue weighted by Gasteiger charge is 2.14. The van der Waals surface area contributed by atoms with Crippen molar-refractivity contribution in [3.63, 3.8) is 0 Å². The molecule has 90 valence electrons. The number of hydrazone groups is 1. The second kappa shape index (κ2) is 5.59. The standard InChI is InChI=1S/C10H11N3O4/c1-7(14)12-11-6-8-3-4-10(17-2)9(5-8)13(15)16/h3-6H,1-2H3,(H,12,14)/b11-6-. The third-order valence-corrected chi connectivity index (χ3v) is 1.84. The fraction of sp³-hybridized carbons (Fsp3) is 0.200. The Balaban J connectivity index is 2.96. The molecule has 1 rings (SSSR count). The second-order valence-electron chi connectivity index (χ2n) is 3.11. The maximum atomic E-state index is 10.7. The van der Waals surface area contributed by atoms with Gasteiger partial charge in [0, 0.05) is 18.6 Å². The highest BCUT2D eigenvalue weighted by Crippen LogP contribution is 2.26. The number of methoxy groups -OCH3 is 1. The average Bonchev–Trinajstić information content (AvgIpc) is 2.28. The van der Waals surface area contributed by atoms with E-state index in [1.165, 1.54) is 32.4 Å². The zero-order valence-corrected chi connectivity index (χ0v) is 9.34. The minimum absolute atomic E-state index is 0.153. The summed E-state index contributed by atoms with van der Waals surface area (Å²) in [5, 5.41) is 14.3. The fourth-order valence-corrected chi connectivity index (χ4v) is 1.13. The van der Waals surface area contributed by atoms with Crippen molar-refractivity contribution in [3.05, 3.63) is 33.9 Å². The molecule has 7 nitrogen and oxygen atoms in total. The number of carbonyl (C=O) groups excluding carboxylic acids is 1. The number of rotatable bonds is 4. The molecule has 0 unspecified atom stereocenters. The maximum Gasteiger partial charge on any atom is 0.311 e. The summed E-state index contributed by atoms with van der Waals surface area (Å²) in [7, 11) is 1.35. The Bertz CT molecular complexity index is 471. The van der Waals surface area contributed by atoms with Crippen LogP contribution in [0.15, 0.2) is 23.3 Å². The van der Waals surface area contributed by atoms with Crippen molar-refractivity contribution in [1.29, 1.82) is 0 Å². The molecule has 0 aliphatic carbocycles.